The number of carbonyl (C=O) groups is 2. The minimum atomic E-state index is -0.966. The molecular formula is C11H17NO4. The topological polar surface area (TPSA) is 66.8 Å². The zero-order chi connectivity index (χ0) is 12.1. The van der Waals surface area contributed by atoms with E-state index in [9.17, 15) is 9.59 Å². The Bertz CT molecular complexity index is 290. The molecule has 0 aliphatic carbocycles. The monoisotopic (exact) mass is 227 g/mol. The fourth-order valence-corrected chi connectivity index (χ4v) is 1.87. The molecular weight excluding hydrogens is 210 g/mol. The molecule has 1 heterocycles. The third-order valence-corrected chi connectivity index (χ3v) is 2.81. The molecule has 90 valence electrons. The maximum Gasteiger partial charge on any atom is 0.410 e. The summed E-state index contributed by atoms with van der Waals surface area (Å²) in [6, 6.07) is -0.748. The van der Waals surface area contributed by atoms with Crippen molar-refractivity contribution in [2.45, 2.75) is 25.8 Å². The quantitative estimate of drug-likeness (QED) is 0.739. The smallest absolute Gasteiger partial charge is 0.410 e. The minimum absolute atomic E-state index is 0.110. The summed E-state index contributed by atoms with van der Waals surface area (Å²) < 4.78 is 4.85. The number of ether oxygens (including phenoxy) is 1. The zero-order valence-corrected chi connectivity index (χ0v) is 9.39. The van der Waals surface area contributed by atoms with Gasteiger partial charge in [0.1, 0.15) is 12.6 Å². The van der Waals surface area contributed by atoms with E-state index in [0.29, 0.717) is 13.0 Å². The van der Waals surface area contributed by atoms with Crippen molar-refractivity contribution in [1.82, 2.24) is 4.90 Å². The maximum atomic E-state index is 11.6. The van der Waals surface area contributed by atoms with Crippen LogP contribution in [0.3, 0.4) is 0 Å². The fraction of sp³-hybridized carbons (Fsp3) is 0.636. The molecule has 0 aromatic carbocycles. The Morgan fingerprint density at radius 1 is 1.62 bits per heavy atom. The van der Waals surface area contributed by atoms with Gasteiger partial charge in [-0.2, -0.15) is 0 Å². The molecule has 0 aromatic rings. The van der Waals surface area contributed by atoms with Crippen LogP contribution in [0, 0.1) is 5.92 Å². The van der Waals surface area contributed by atoms with Gasteiger partial charge in [0.05, 0.1) is 0 Å². The van der Waals surface area contributed by atoms with Crippen LogP contribution in [0.1, 0.15) is 19.8 Å². The van der Waals surface area contributed by atoms with Gasteiger partial charge < -0.3 is 9.84 Å². The van der Waals surface area contributed by atoms with Gasteiger partial charge in [0.2, 0.25) is 0 Å². The second kappa shape index (κ2) is 5.53. The molecule has 0 radical (unpaired) electrons. The number of carboxylic acids is 1. The normalized spacial score (nSPS) is 24.2. The Kier molecular flexibility index (Phi) is 4.34. The number of aliphatic carboxylic acids is 1. The minimum Gasteiger partial charge on any atom is -0.480 e. The van der Waals surface area contributed by atoms with E-state index in [1.165, 1.54) is 11.0 Å². The lowest BCUT2D eigenvalue weighted by Crippen LogP contribution is -2.40. The van der Waals surface area contributed by atoms with Crippen molar-refractivity contribution in [2.75, 3.05) is 13.2 Å². The summed E-state index contributed by atoms with van der Waals surface area (Å²) in [5, 5.41) is 9.00. The van der Waals surface area contributed by atoms with Crippen LogP contribution in [0.2, 0.25) is 0 Å². The van der Waals surface area contributed by atoms with Crippen molar-refractivity contribution in [3.05, 3.63) is 12.7 Å². The van der Waals surface area contributed by atoms with E-state index < -0.39 is 18.1 Å². The first kappa shape index (κ1) is 12.5. The number of amides is 1. The van der Waals surface area contributed by atoms with Crippen LogP contribution in [0.25, 0.3) is 0 Å². The van der Waals surface area contributed by atoms with Gasteiger partial charge in [-0.3, -0.25) is 4.90 Å². The van der Waals surface area contributed by atoms with Crippen molar-refractivity contribution in [3.63, 3.8) is 0 Å². The molecule has 16 heavy (non-hydrogen) atoms. The predicted molar refractivity (Wildman–Crippen MR) is 58.1 cm³/mol. The summed E-state index contributed by atoms with van der Waals surface area (Å²) in [4.78, 5) is 23.8. The van der Waals surface area contributed by atoms with Crippen molar-refractivity contribution in [2.24, 2.45) is 5.92 Å². The van der Waals surface area contributed by atoms with Gasteiger partial charge in [0.15, 0.2) is 0 Å². The number of carboxylic acid groups (broad SMARTS) is 1. The molecule has 5 nitrogen and oxygen atoms in total. The molecule has 1 aliphatic rings. The number of nitrogens with zero attached hydrogens (tertiary/aromatic N) is 1. The van der Waals surface area contributed by atoms with Crippen LogP contribution in [-0.4, -0.2) is 41.3 Å². The molecule has 1 rings (SSSR count). The average Bonchev–Trinajstić information content (AvgIpc) is 2.70. The van der Waals surface area contributed by atoms with Gasteiger partial charge in [-0.05, 0) is 12.3 Å². The highest BCUT2D eigenvalue weighted by molar-refractivity contribution is 5.80. The molecule has 1 fully saturated rings. The summed E-state index contributed by atoms with van der Waals surface area (Å²) in [6.45, 7) is 5.99. The van der Waals surface area contributed by atoms with Gasteiger partial charge in [-0.1, -0.05) is 26.0 Å². The van der Waals surface area contributed by atoms with Crippen LogP contribution >= 0.6 is 0 Å². The standard InChI is InChI=1S/C11H17NO4/c1-3-5-16-11(15)12-7-8(4-2)6-9(12)10(13)14/h3,8-9H,1,4-7H2,2H3,(H,13,14)/t8-,9-/m0/s1. The molecule has 1 aliphatic heterocycles. The SMILES string of the molecule is C=CCOC(=O)N1C[C@@H](CC)C[C@H]1C(=O)O. The van der Waals surface area contributed by atoms with Gasteiger partial charge in [-0.25, -0.2) is 9.59 Å². The summed E-state index contributed by atoms with van der Waals surface area (Å²) in [7, 11) is 0. The number of hydrogen-bond acceptors (Lipinski definition) is 3. The van der Waals surface area contributed by atoms with E-state index in [1.807, 2.05) is 6.92 Å². The van der Waals surface area contributed by atoms with Crippen molar-refractivity contribution in [3.8, 4) is 0 Å². The summed E-state index contributed by atoms with van der Waals surface area (Å²) in [6.07, 6.45) is 2.27. The lowest BCUT2D eigenvalue weighted by molar-refractivity contribution is -0.141. The second-order valence-corrected chi connectivity index (χ2v) is 3.88. The van der Waals surface area contributed by atoms with Gasteiger partial charge in [0.25, 0.3) is 0 Å². The lowest BCUT2D eigenvalue weighted by atomic mass is 10.0. The van der Waals surface area contributed by atoms with Crippen LogP contribution in [-0.2, 0) is 9.53 Å². The highest BCUT2D eigenvalue weighted by Crippen LogP contribution is 2.26. The summed E-state index contributed by atoms with van der Waals surface area (Å²) in [5.74, 6) is -0.719. The van der Waals surface area contributed by atoms with Crippen molar-refractivity contribution in [1.29, 1.82) is 0 Å². The second-order valence-electron chi connectivity index (χ2n) is 3.88. The Balaban J connectivity index is 2.64. The molecule has 1 saturated heterocycles. The molecule has 2 atom stereocenters. The third-order valence-electron chi connectivity index (χ3n) is 2.81. The first-order valence-corrected chi connectivity index (χ1v) is 5.37. The zero-order valence-electron chi connectivity index (χ0n) is 9.39. The fourth-order valence-electron chi connectivity index (χ4n) is 1.87. The van der Waals surface area contributed by atoms with E-state index in [4.69, 9.17) is 9.84 Å². The van der Waals surface area contributed by atoms with Gasteiger partial charge in [0, 0.05) is 6.54 Å². The average molecular weight is 227 g/mol. The third kappa shape index (κ3) is 2.74. The number of carbonyl (C=O) groups excluding carboxylic acids is 1. The van der Waals surface area contributed by atoms with Crippen molar-refractivity contribution < 1.29 is 19.4 Å². The van der Waals surface area contributed by atoms with Gasteiger partial charge >= 0.3 is 12.1 Å². The van der Waals surface area contributed by atoms with E-state index in [0.717, 1.165) is 6.42 Å². The highest BCUT2D eigenvalue weighted by atomic mass is 16.6. The Hall–Kier alpha value is -1.52. The lowest BCUT2D eigenvalue weighted by Gasteiger charge is -2.20. The van der Waals surface area contributed by atoms with Gasteiger partial charge in [-0.15, -0.1) is 0 Å². The molecule has 0 aromatic heterocycles. The Morgan fingerprint density at radius 2 is 2.31 bits per heavy atom. The summed E-state index contributed by atoms with van der Waals surface area (Å²) in [5.41, 5.74) is 0. The molecule has 1 N–H and O–H groups in total. The van der Waals surface area contributed by atoms with E-state index >= 15 is 0 Å². The largest absolute Gasteiger partial charge is 0.480 e. The van der Waals surface area contributed by atoms with Crippen LogP contribution in [0.5, 0.6) is 0 Å². The first-order chi connectivity index (χ1) is 7.60. The predicted octanol–water partition coefficient (Wildman–Crippen LogP) is 1.49. The van der Waals surface area contributed by atoms with Crippen LogP contribution < -0.4 is 0 Å². The molecule has 1 amide bonds. The van der Waals surface area contributed by atoms with Crippen molar-refractivity contribution >= 4 is 12.1 Å². The van der Waals surface area contributed by atoms with E-state index in [1.54, 1.807) is 0 Å². The van der Waals surface area contributed by atoms with E-state index in [2.05, 4.69) is 6.58 Å². The number of likely N-dealkylation sites (tertiary alicyclic amines) is 1. The van der Waals surface area contributed by atoms with E-state index in [-0.39, 0.29) is 12.5 Å². The summed E-state index contributed by atoms with van der Waals surface area (Å²) >= 11 is 0. The molecule has 0 saturated carbocycles. The molecule has 0 unspecified atom stereocenters. The molecule has 0 spiro atoms. The molecule has 5 heteroatoms. The Labute approximate surface area is 94.7 Å². The van der Waals surface area contributed by atoms with Crippen LogP contribution in [0.15, 0.2) is 12.7 Å². The Morgan fingerprint density at radius 3 is 2.81 bits per heavy atom. The maximum absolute atomic E-state index is 11.6. The number of hydrogen-bond donors (Lipinski definition) is 1. The number of rotatable bonds is 4. The molecule has 0 bridgehead atoms. The highest BCUT2D eigenvalue weighted by Gasteiger charge is 2.39. The van der Waals surface area contributed by atoms with Crippen LogP contribution in [0.4, 0.5) is 4.79 Å². The first-order valence-electron chi connectivity index (χ1n) is 5.37.